The van der Waals surface area contributed by atoms with Crippen LogP contribution in [0.25, 0.3) is 0 Å². The van der Waals surface area contributed by atoms with E-state index in [2.05, 4.69) is 5.10 Å². The van der Waals surface area contributed by atoms with Gasteiger partial charge in [-0.1, -0.05) is 20.8 Å². The molecule has 66 valence electrons. The highest BCUT2D eigenvalue weighted by Crippen LogP contribution is 2.18. The van der Waals surface area contributed by atoms with E-state index in [1.165, 1.54) is 4.68 Å². The summed E-state index contributed by atoms with van der Waals surface area (Å²) in [5.41, 5.74) is 0.0308. The summed E-state index contributed by atoms with van der Waals surface area (Å²) >= 11 is 0. The van der Waals surface area contributed by atoms with E-state index in [-0.39, 0.29) is 11.3 Å². The zero-order chi connectivity index (χ0) is 9.19. The van der Waals surface area contributed by atoms with Crippen LogP contribution in [-0.2, 0) is 0 Å². The molecule has 0 amide bonds. The van der Waals surface area contributed by atoms with Crippen molar-refractivity contribution in [2.45, 2.75) is 27.2 Å². The van der Waals surface area contributed by atoms with Gasteiger partial charge in [0.1, 0.15) is 0 Å². The highest BCUT2D eigenvalue weighted by Gasteiger charge is 2.16. The van der Waals surface area contributed by atoms with Crippen molar-refractivity contribution in [1.29, 1.82) is 0 Å². The molecule has 3 heteroatoms. The third-order valence-corrected chi connectivity index (χ3v) is 1.44. The summed E-state index contributed by atoms with van der Waals surface area (Å²) in [7, 11) is 0. The van der Waals surface area contributed by atoms with Crippen LogP contribution in [0.1, 0.15) is 32.0 Å². The van der Waals surface area contributed by atoms with Crippen LogP contribution in [0.3, 0.4) is 0 Å². The molecule has 0 saturated carbocycles. The first-order valence-electron chi connectivity index (χ1n) is 4.02. The molecule has 0 aliphatic rings. The summed E-state index contributed by atoms with van der Waals surface area (Å²) in [4.78, 5) is 11.4. The van der Waals surface area contributed by atoms with Crippen LogP contribution >= 0.6 is 0 Å². The van der Waals surface area contributed by atoms with E-state index in [1.807, 2.05) is 20.8 Å². The van der Waals surface area contributed by atoms with Gasteiger partial charge in [-0.15, -0.1) is 0 Å². The molecule has 1 aromatic rings. The van der Waals surface area contributed by atoms with Crippen molar-refractivity contribution in [1.82, 2.24) is 9.78 Å². The minimum atomic E-state index is 0.0308. The molecule has 0 N–H and O–H groups in total. The number of hydrogen-bond donors (Lipinski definition) is 0. The maximum atomic E-state index is 11.4. The van der Waals surface area contributed by atoms with Crippen LogP contribution < -0.4 is 0 Å². The molecule has 0 unspecified atom stereocenters. The molecule has 1 aromatic heterocycles. The summed E-state index contributed by atoms with van der Waals surface area (Å²) in [6.07, 6.45) is 3.81. The largest absolute Gasteiger partial charge is 0.273 e. The molecular formula is C9H14N2O. The average Bonchev–Trinajstić information content (AvgIpc) is 2.32. The molecule has 1 rings (SSSR count). The van der Waals surface area contributed by atoms with Gasteiger partial charge in [0.2, 0.25) is 5.91 Å². The zero-order valence-corrected chi connectivity index (χ0v) is 7.74. The van der Waals surface area contributed by atoms with Gasteiger partial charge in [-0.3, -0.25) is 4.79 Å². The van der Waals surface area contributed by atoms with Crippen LogP contribution in [0.5, 0.6) is 0 Å². The monoisotopic (exact) mass is 166 g/mol. The molecule has 0 radical (unpaired) electrons. The number of hydrogen-bond acceptors (Lipinski definition) is 2. The summed E-state index contributed by atoms with van der Waals surface area (Å²) in [6, 6.07) is 1.75. The number of rotatable bonds is 1. The Morgan fingerprint density at radius 1 is 1.50 bits per heavy atom. The van der Waals surface area contributed by atoms with Crippen LogP contribution in [0.4, 0.5) is 0 Å². The van der Waals surface area contributed by atoms with E-state index >= 15 is 0 Å². The quantitative estimate of drug-likeness (QED) is 0.639. The van der Waals surface area contributed by atoms with Gasteiger partial charge in [-0.2, -0.15) is 5.10 Å². The minimum Gasteiger partial charge on any atom is -0.273 e. The third kappa shape index (κ3) is 2.49. The molecule has 0 bridgehead atoms. The number of carbonyl (C=O) groups excluding carboxylic acids is 1. The Kier molecular flexibility index (Phi) is 2.31. The third-order valence-electron chi connectivity index (χ3n) is 1.44. The molecule has 0 spiro atoms. The van der Waals surface area contributed by atoms with Gasteiger partial charge in [-0.05, 0) is 11.5 Å². The van der Waals surface area contributed by atoms with Crippen molar-refractivity contribution in [3.05, 3.63) is 18.5 Å². The highest BCUT2D eigenvalue weighted by molar-refractivity contribution is 5.78. The van der Waals surface area contributed by atoms with E-state index in [9.17, 15) is 4.79 Å². The van der Waals surface area contributed by atoms with E-state index in [0.717, 1.165) is 0 Å². The zero-order valence-electron chi connectivity index (χ0n) is 7.74. The lowest BCUT2D eigenvalue weighted by molar-refractivity contribution is 0.0840. The number of aromatic nitrogens is 2. The predicted molar refractivity (Wildman–Crippen MR) is 46.9 cm³/mol. The summed E-state index contributed by atoms with van der Waals surface area (Å²) in [5.74, 6) is 0.0486. The standard InChI is InChI=1S/C9H14N2O/c1-9(2,3)7-8(12)11-6-4-5-10-11/h4-6H,7H2,1-3H3. The first kappa shape index (κ1) is 8.97. The van der Waals surface area contributed by atoms with E-state index in [0.29, 0.717) is 6.42 Å². The molecule has 3 nitrogen and oxygen atoms in total. The Labute approximate surface area is 72.4 Å². The van der Waals surface area contributed by atoms with E-state index < -0.39 is 0 Å². The lowest BCUT2D eigenvalue weighted by Gasteiger charge is -2.16. The second-order valence-corrected chi connectivity index (χ2v) is 4.08. The van der Waals surface area contributed by atoms with E-state index in [4.69, 9.17) is 0 Å². The van der Waals surface area contributed by atoms with Gasteiger partial charge >= 0.3 is 0 Å². The van der Waals surface area contributed by atoms with Gasteiger partial charge < -0.3 is 0 Å². The Morgan fingerprint density at radius 2 is 2.17 bits per heavy atom. The summed E-state index contributed by atoms with van der Waals surface area (Å²) in [6.45, 7) is 6.11. The Morgan fingerprint density at radius 3 is 2.58 bits per heavy atom. The van der Waals surface area contributed by atoms with Crippen molar-refractivity contribution in [2.75, 3.05) is 0 Å². The van der Waals surface area contributed by atoms with Gasteiger partial charge in [0.15, 0.2) is 0 Å². The fourth-order valence-electron chi connectivity index (χ4n) is 0.951. The summed E-state index contributed by atoms with van der Waals surface area (Å²) < 4.78 is 1.38. The molecule has 0 aliphatic carbocycles. The molecule has 0 aliphatic heterocycles. The number of nitrogens with zero attached hydrogens (tertiary/aromatic N) is 2. The van der Waals surface area contributed by atoms with Crippen LogP contribution in [0.2, 0.25) is 0 Å². The molecule has 1 heterocycles. The average molecular weight is 166 g/mol. The topological polar surface area (TPSA) is 34.9 Å². The Bertz CT molecular complexity index is 257. The minimum absolute atomic E-state index is 0.0308. The van der Waals surface area contributed by atoms with Crippen molar-refractivity contribution < 1.29 is 4.79 Å². The normalized spacial score (nSPS) is 11.6. The van der Waals surface area contributed by atoms with Crippen LogP contribution in [0, 0.1) is 5.41 Å². The van der Waals surface area contributed by atoms with Crippen molar-refractivity contribution in [3.63, 3.8) is 0 Å². The van der Waals surface area contributed by atoms with Crippen LogP contribution in [-0.4, -0.2) is 15.7 Å². The molecule has 0 fully saturated rings. The lowest BCUT2D eigenvalue weighted by Crippen LogP contribution is -2.19. The molecular weight excluding hydrogens is 152 g/mol. The molecule has 0 atom stereocenters. The Balaban J connectivity index is 2.63. The lowest BCUT2D eigenvalue weighted by atomic mass is 9.92. The molecule has 12 heavy (non-hydrogen) atoms. The second-order valence-electron chi connectivity index (χ2n) is 4.08. The van der Waals surface area contributed by atoms with Crippen molar-refractivity contribution in [3.8, 4) is 0 Å². The highest BCUT2D eigenvalue weighted by atomic mass is 16.2. The smallest absolute Gasteiger partial charge is 0.247 e. The van der Waals surface area contributed by atoms with Crippen LogP contribution in [0.15, 0.2) is 18.5 Å². The van der Waals surface area contributed by atoms with Crippen molar-refractivity contribution in [2.24, 2.45) is 5.41 Å². The summed E-state index contributed by atoms with van der Waals surface area (Å²) in [5, 5.41) is 3.87. The van der Waals surface area contributed by atoms with Crippen molar-refractivity contribution >= 4 is 5.91 Å². The maximum Gasteiger partial charge on any atom is 0.247 e. The van der Waals surface area contributed by atoms with Gasteiger partial charge in [0, 0.05) is 18.8 Å². The van der Waals surface area contributed by atoms with E-state index in [1.54, 1.807) is 18.5 Å². The predicted octanol–water partition coefficient (Wildman–Crippen LogP) is 1.96. The SMILES string of the molecule is CC(C)(C)CC(=O)n1cccn1. The fraction of sp³-hybridized carbons (Fsp3) is 0.556. The fourth-order valence-corrected chi connectivity index (χ4v) is 0.951. The number of carbonyl (C=O) groups is 1. The van der Waals surface area contributed by atoms with Gasteiger partial charge in [0.05, 0.1) is 0 Å². The molecule has 0 aromatic carbocycles. The first-order valence-corrected chi connectivity index (χ1v) is 4.02. The van der Waals surface area contributed by atoms with Gasteiger partial charge in [0.25, 0.3) is 0 Å². The molecule has 0 saturated heterocycles. The second kappa shape index (κ2) is 3.09. The van der Waals surface area contributed by atoms with Gasteiger partial charge in [-0.25, -0.2) is 4.68 Å². The first-order chi connectivity index (χ1) is 5.49. The maximum absolute atomic E-state index is 11.4. The Hall–Kier alpha value is -1.12.